The van der Waals surface area contributed by atoms with Crippen LogP contribution in [-0.4, -0.2) is 54.8 Å². The van der Waals surface area contributed by atoms with E-state index in [9.17, 15) is 9.59 Å². The molecule has 2 fully saturated rings. The summed E-state index contributed by atoms with van der Waals surface area (Å²) >= 11 is 6.09. The van der Waals surface area contributed by atoms with Crippen molar-refractivity contribution in [2.75, 3.05) is 27.2 Å². The van der Waals surface area contributed by atoms with Crippen LogP contribution in [-0.2, 0) is 9.59 Å². The highest BCUT2D eigenvalue weighted by atomic mass is 35.5. The number of likely N-dealkylation sites (tertiary alicyclic amines) is 1. The molecule has 23 heavy (non-hydrogen) atoms. The van der Waals surface area contributed by atoms with Crippen molar-refractivity contribution in [1.29, 1.82) is 0 Å². The van der Waals surface area contributed by atoms with E-state index in [4.69, 9.17) is 11.6 Å². The maximum atomic E-state index is 13.0. The van der Waals surface area contributed by atoms with Crippen molar-refractivity contribution < 1.29 is 9.59 Å². The van der Waals surface area contributed by atoms with Gasteiger partial charge in [-0.1, -0.05) is 23.7 Å². The number of amides is 2. The normalized spacial score (nSPS) is 27.5. The average molecular weight is 336 g/mol. The van der Waals surface area contributed by atoms with Crippen molar-refractivity contribution in [3.05, 3.63) is 34.9 Å². The molecule has 2 heterocycles. The molecule has 1 N–H and O–H groups in total. The van der Waals surface area contributed by atoms with Crippen LogP contribution in [0.1, 0.15) is 24.4 Å². The first-order valence-electron chi connectivity index (χ1n) is 7.97. The number of benzene rings is 1. The molecule has 2 saturated heterocycles. The van der Waals surface area contributed by atoms with Crippen LogP contribution in [0.3, 0.4) is 0 Å². The lowest BCUT2D eigenvalue weighted by Crippen LogP contribution is -2.43. The van der Waals surface area contributed by atoms with Gasteiger partial charge in [0.2, 0.25) is 11.8 Å². The SMILES string of the molecule is CN(C(=O)C1CC(=O)N(C)C1c1cccc(Cl)c1)C1CCNC1. The van der Waals surface area contributed by atoms with E-state index in [1.54, 1.807) is 18.0 Å². The van der Waals surface area contributed by atoms with E-state index in [1.807, 2.05) is 30.1 Å². The minimum Gasteiger partial charge on any atom is -0.341 e. The Bertz CT molecular complexity index is 616. The van der Waals surface area contributed by atoms with Crippen molar-refractivity contribution in [3.63, 3.8) is 0 Å². The zero-order valence-electron chi connectivity index (χ0n) is 13.5. The van der Waals surface area contributed by atoms with Crippen LogP contribution in [0, 0.1) is 5.92 Å². The van der Waals surface area contributed by atoms with E-state index >= 15 is 0 Å². The number of hydrogen-bond acceptors (Lipinski definition) is 3. The summed E-state index contributed by atoms with van der Waals surface area (Å²) in [5.74, 6) is -0.302. The summed E-state index contributed by atoms with van der Waals surface area (Å²) in [6.07, 6.45) is 1.22. The van der Waals surface area contributed by atoms with Gasteiger partial charge in [-0.05, 0) is 30.7 Å². The summed E-state index contributed by atoms with van der Waals surface area (Å²) in [6, 6.07) is 7.41. The van der Waals surface area contributed by atoms with Crippen LogP contribution >= 0.6 is 11.6 Å². The van der Waals surface area contributed by atoms with Crippen LogP contribution in [0.5, 0.6) is 0 Å². The molecule has 2 aliphatic rings. The van der Waals surface area contributed by atoms with Crippen LogP contribution in [0.2, 0.25) is 5.02 Å². The summed E-state index contributed by atoms with van der Waals surface area (Å²) in [5, 5.41) is 3.90. The molecule has 3 atom stereocenters. The van der Waals surface area contributed by atoms with Crippen LogP contribution in [0.25, 0.3) is 0 Å². The number of nitrogens with one attached hydrogen (secondary N) is 1. The Labute approximate surface area is 141 Å². The average Bonchev–Trinajstić information content (AvgIpc) is 3.15. The molecule has 0 aliphatic carbocycles. The fraction of sp³-hybridized carbons (Fsp3) is 0.529. The lowest BCUT2D eigenvalue weighted by Gasteiger charge is -2.30. The Balaban J connectivity index is 1.86. The van der Waals surface area contributed by atoms with E-state index in [0.717, 1.165) is 25.1 Å². The summed E-state index contributed by atoms with van der Waals surface area (Å²) in [7, 11) is 3.61. The van der Waals surface area contributed by atoms with Gasteiger partial charge in [-0.25, -0.2) is 0 Å². The van der Waals surface area contributed by atoms with Gasteiger partial charge in [-0.15, -0.1) is 0 Å². The van der Waals surface area contributed by atoms with E-state index in [-0.39, 0.29) is 36.2 Å². The molecule has 3 rings (SSSR count). The topological polar surface area (TPSA) is 52.7 Å². The highest BCUT2D eigenvalue weighted by molar-refractivity contribution is 6.30. The molecule has 6 heteroatoms. The van der Waals surface area contributed by atoms with Crippen molar-refractivity contribution in [2.45, 2.75) is 24.9 Å². The maximum Gasteiger partial charge on any atom is 0.228 e. The standard InChI is InChI=1S/C17H22ClN3O2/c1-20(13-6-7-19-10-13)17(23)14-9-15(22)21(2)16(14)11-4-3-5-12(18)8-11/h3-5,8,13-14,16,19H,6-7,9-10H2,1-2H3. The number of rotatable bonds is 3. The Hall–Kier alpha value is -1.59. The molecule has 0 saturated carbocycles. The first kappa shape index (κ1) is 16.3. The van der Waals surface area contributed by atoms with Crippen LogP contribution in [0.4, 0.5) is 0 Å². The quantitative estimate of drug-likeness (QED) is 0.914. The van der Waals surface area contributed by atoms with Crippen LogP contribution < -0.4 is 5.32 Å². The third-order valence-electron chi connectivity index (χ3n) is 5.02. The lowest BCUT2D eigenvalue weighted by atomic mass is 9.92. The van der Waals surface area contributed by atoms with Gasteiger partial charge in [0.25, 0.3) is 0 Å². The molecule has 0 radical (unpaired) electrons. The van der Waals surface area contributed by atoms with Gasteiger partial charge < -0.3 is 15.1 Å². The van der Waals surface area contributed by atoms with Crippen LogP contribution in [0.15, 0.2) is 24.3 Å². The van der Waals surface area contributed by atoms with Crippen molar-refractivity contribution in [1.82, 2.24) is 15.1 Å². The largest absolute Gasteiger partial charge is 0.341 e. The highest BCUT2D eigenvalue weighted by Crippen LogP contribution is 2.39. The van der Waals surface area contributed by atoms with Crippen molar-refractivity contribution >= 4 is 23.4 Å². The van der Waals surface area contributed by atoms with E-state index in [2.05, 4.69) is 5.32 Å². The molecule has 2 amide bonds. The van der Waals surface area contributed by atoms with Gasteiger partial charge in [0, 0.05) is 38.1 Å². The van der Waals surface area contributed by atoms with Gasteiger partial charge in [-0.2, -0.15) is 0 Å². The zero-order valence-corrected chi connectivity index (χ0v) is 14.2. The third-order valence-corrected chi connectivity index (χ3v) is 5.26. The second-order valence-corrected chi connectivity index (χ2v) is 6.85. The van der Waals surface area contributed by atoms with Gasteiger partial charge in [-0.3, -0.25) is 9.59 Å². The van der Waals surface area contributed by atoms with Crippen molar-refractivity contribution in [3.8, 4) is 0 Å². The molecule has 0 aromatic heterocycles. The number of carbonyl (C=O) groups is 2. The zero-order chi connectivity index (χ0) is 16.6. The van der Waals surface area contributed by atoms with E-state index in [0.29, 0.717) is 5.02 Å². The summed E-state index contributed by atoms with van der Waals surface area (Å²) < 4.78 is 0. The number of carbonyl (C=O) groups excluding carboxylic acids is 2. The number of halogens is 1. The molecule has 5 nitrogen and oxygen atoms in total. The van der Waals surface area contributed by atoms with Gasteiger partial charge in [0.15, 0.2) is 0 Å². The van der Waals surface area contributed by atoms with Gasteiger partial charge in [0.1, 0.15) is 0 Å². The molecule has 0 spiro atoms. The molecule has 124 valence electrons. The second-order valence-electron chi connectivity index (χ2n) is 6.41. The maximum absolute atomic E-state index is 13.0. The summed E-state index contributed by atoms with van der Waals surface area (Å²) in [4.78, 5) is 28.7. The molecular weight excluding hydrogens is 314 g/mol. The Morgan fingerprint density at radius 1 is 1.43 bits per heavy atom. The summed E-state index contributed by atoms with van der Waals surface area (Å²) in [5.41, 5.74) is 0.919. The minimum atomic E-state index is -0.350. The second kappa shape index (κ2) is 6.49. The van der Waals surface area contributed by atoms with E-state index in [1.165, 1.54) is 0 Å². The number of hydrogen-bond donors (Lipinski definition) is 1. The van der Waals surface area contributed by atoms with Crippen molar-refractivity contribution in [2.24, 2.45) is 5.92 Å². The molecule has 0 bridgehead atoms. The smallest absolute Gasteiger partial charge is 0.228 e. The van der Waals surface area contributed by atoms with Gasteiger partial charge >= 0.3 is 0 Å². The Morgan fingerprint density at radius 2 is 2.22 bits per heavy atom. The number of nitrogens with zero attached hydrogens (tertiary/aromatic N) is 2. The first-order chi connectivity index (χ1) is 11.0. The summed E-state index contributed by atoms with van der Waals surface area (Å²) in [6.45, 7) is 1.75. The van der Waals surface area contributed by atoms with E-state index < -0.39 is 0 Å². The Morgan fingerprint density at radius 3 is 2.87 bits per heavy atom. The molecule has 1 aromatic carbocycles. The van der Waals surface area contributed by atoms with Gasteiger partial charge in [0.05, 0.1) is 12.0 Å². The third kappa shape index (κ3) is 3.08. The lowest BCUT2D eigenvalue weighted by molar-refractivity contribution is -0.137. The number of likely N-dealkylation sites (N-methyl/N-ethyl adjacent to an activating group) is 1. The fourth-order valence-electron chi connectivity index (χ4n) is 3.65. The molecular formula is C17H22ClN3O2. The molecule has 1 aromatic rings. The monoisotopic (exact) mass is 335 g/mol. The molecule has 3 unspecified atom stereocenters. The highest BCUT2D eigenvalue weighted by Gasteiger charge is 2.44. The minimum absolute atomic E-state index is 0.00581. The Kier molecular flexibility index (Phi) is 4.60. The predicted molar refractivity (Wildman–Crippen MR) is 89.1 cm³/mol. The first-order valence-corrected chi connectivity index (χ1v) is 8.35. The fourth-order valence-corrected chi connectivity index (χ4v) is 3.85. The predicted octanol–water partition coefficient (Wildman–Crippen LogP) is 1.68. The molecule has 2 aliphatic heterocycles.